The largest absolute Gasteiger partial charge is 0.497 e. The molecule has 0 aliphatic rings. The van der Waals surface area contributed by atoms with E-state index < -0.39 is 23.9 Å². The number of amides is 2. The first-order valence-electron chi connectivity index (χ1n) is 13.8. The number of nitrogens with zero attached hydrogens (tertiary/aromatic N) is 1. The van der Waals surface area contributed by atoms with Crippen LogP contribution in [0.5, 0.6) is 5.75 Å². The van der Waals surface area contributed by atoms with Crippen molar-refractivity contribution in [2.24, 2.45) is 0 Å². The van der Waals surface area contributed by atoms with E-state index in [0.717, 1.165) is 30.5 Å². The summed E-state index contributed by atoms with van der Waals surface area (Å²) in [5, 5.41) is 16.9. The molecule has 0 unspecified atom stereocenters. The van der Waals surface area contributed by atoms with Gasteiger partial charge < -0.3 is 25.4 Å². The van der Waals surface area contributed by atoms with E-state index in [4.69, 9.17) is 4.74 Å². The first-order valence-corrected chi connectivity index (χ1v) is 13.8. The average Bonchev–Trinajstić information content (AvgIpc) is 2.92. The Balaban J connectivity index is 2.03. The van der Waals surface area contributed by atoms with Gasteiger partial charge in [-0.25, -0.2) is 0 Å². The highest BCUT2D eigenvalue weighted by Gasteiger charge is 2.31. The van der Waals surface area contributed by atoms with Crippen molar-refractivity contribution in [2.75, 3.05) is 26.7 Å². The number of methoxy groups -OCH3 is 1. The second-order valence-corrected chi connectivity index (χ2v) is 9.86. The molecule has 2 rings (SSSR count). The predicted octanol–water partition coefficient (Wildman–Crippen LogP) is 4.71. The molecule has 0 saturated carbocycles. The zero-order chi connectivity index (χ0) is 29.5. The molecule has 2 aromatic carbocycles. The van der Waals surface area contributed by atoms with Crippen molar-refractivity contribution >= 4 is 11.8 Å². The molecule has 0 bridgehead atoms. The number of hydrogen-bond acceptors (Lipinski definition) is 5. The highest BCUT2D eigenvalue weighted by Crippen LogP contribution is 2.29. The molecule has 10 heteroatoms. The van der Waals surface area contributed by atoms with Gasteiger partial charge in [-0.2, -0.15) is 13.2 Å². The normalized spacial score (nSPS) is 13.0. The Labute approximate surface area is 235 Å². The van der Waals surface area contributed by atoms with Gasteiger partial charge in [0.1, 0.15) is 5.75 Å². The van der Waals surface area contributed by atoms with Crippen LogP contribution in [0.15, 0.2) is 48.5 Å². The molecule has 0 saturated heterocycles. The Kier molecular flexibility index (Phi) is 14.0. The number of benzene rings is 2. The van der Waals surface area contributed by atoms with Gasteiger partial charge in [0.05, 0.1) is 24.8 Å². The van der Waals surface area contributed by atoms with Crippen molar-refractivity contribution < 1.29 is 32.6 Å². The third-order valence-corrected chi connectivity index (χ3v) is 6.47. The Morgan fingerprint density at radius 3 is 2.33 bits per heavy atom. The van der Waals surface area contributed by atoms with Crippen LogP contribution >= 0.6 is 0 Å². The summed E-state index contributed by atoms with van der Waals surface area (Å²) in [7, 11) is 1.57. The summed E-state index contributed by atoms with van der Waals surface area (Å²) in [5.74, 6) is 0.327. The van der Waals surface area contributed by atoms with E-state index >= 15 is 0 Å². The molecule has 0 radical (unpaired) electrons. The third-order valence-electron chi connectivity index (χ3n) is 6.47. The van der Waals surface area contributed by atoms with Crippen molar-refractivity contribution in [1.29, 1.82) is 0 Å². The van der Waals surface area contributed by atoms with Crippen molar-refractivity contribution in [1.82, 2.24) is 15.5 Å². The molecule has 0 fully saturated rings. The fourth-order valence-corrected chi connectivity index (χ4v) is 4.44. The number of alkyl halides is 3. The van der Waals surface area contributed by atoms with Gasteiger partial charge >= 0.3 is 6.18 Å². The molecular formula is C30H42F3N3O4. The molecule has 0 spiro atoms. The summed E-state index contributed by atoms with van der Waals surface area (Å²) in [6, 6.07) is 11.5. The highest BCUT2D eigenvalue weighted by molar-refractivity contribution is 5.79. The lowest BCUT2D eigenvalue weighted by molar-refractivity contribution is -0.137. The van der Waals surface area contributed by atoms with Gasteiger partial charge in [0, 0.05) is 39.0 Å². The molecule has 2 amide bonds. The Hall–Kier alpha value is -3.11. The molecule has 222 valence electrons. The minimum absolute atomic E-state index is 0.00112. The van der Waals surface area contributed by atoms with Crippen LogP contribution in [0.2, 0.25) is 0 Å². The van der Waals surface area contributed by atoms with Gasteiger partial charge in [0.15, 0.2) is 0 Å². The van der Waals surface area contributed by atoms with Crippen LogP contribution in [0.1, 0.15) is 62.6 Å². The number of nitrogens with one attached hydrogen (secondary N) is 2. The average molecular weight is 566 g/mol. The van der Waals surface area contributed by atoms with Crippen LogP contribution in [0, 0.1) is 0 Å². The summed E-state index contributed by atoms with van der Waals surface area (Å²) < 4.78 is 45.0. The van der Waals surface area contributed by atoms with Crippen molar-refractivity contribution in [3.8, 4) is 5.75 Å². The lowest BCUT2D eigenvalue weighted by Crippen LogP contribution is -2.48. The summed E-state index contributed by atoms with van der Waals surface area (Å²) in [6.07, 6.45) is -3.21. The van der Waals surface area contributed by atoms with Gasteiger partial charge in [0.2, 0.25) is 11.8 Å². The number of hydrogen-bond donors (Lipinski definition) is 3. The Morgan fingerprint density at radius 1 is 1.00 bits per heavy atom. The summed E-state index contributed by atoms with van der Waals surface area (Å²) in [5.41, 5.74) is 0.481. The van der Waals surface area contributed by atoms with Gasteiger partial charge in [-0.05, 0) is 55.0 Å². The summed E-state index contributed by atoms with van der Waals surface area (Å²) in [4.78, 5) is 27.1. The zero-order valence-corrected chi connectivity index (χ0v) is 23.6. The molecule has 0 aliphatic heterocycles. The molecule has 3 N–H and O–H groups in total. The van der Waals surface area contributed by atoms with Crippen molar-refractivity contribution in [3.63, 3.8) is 0 Å². The van der Waals surface area contributed by atoms with Crippen LogP contribution in [0.3, 0.4) is 0 Å². The topological polar surface area (TPSA) is 90.9 Å². The van der Waals surface area contributed by atoms with E-state index in [-0.39, 0.29) is 37.6 Å². The van der Waals surface area contributed by atoms with E-state index in [1.165, 1.54) is 6.07 Å². The van der Waals surface area contributed by atoms with Gasteiger partial charge in [-0.1, -0.05) is 44.2 Å². The maximum Gasteiger partial charge on any atom is 0.416 e. The summed E-state index contributed by atoms with van der Waals surface area (Å²) in [6.45, 7) is 5.88. The highest BCUT2D eigenvalue weighted by atomic mass is 19.4. The SMILES string of the molecule is CCCN(CCC)C(=O)CCCC(=O)N[C@@H](Cc1cccc(C(F)(F)F)c1)[C@H](O)CNCc1cccc(OC)c1. The maximum atomic E-state index is 13.2. The molecule has 7 nitrogen and oxygen atoms in total. The van der Waals surface area contributed by atoms with Crippen molar-refractivity contribution in [3.05, 3.63) is 65.2 Å². The van der Waals surface area contributed by atoms with E-state index in [9.17, 15) is 27.9 Å². The second-order valence-electron chi connectivity index (χ2n) is 9.86. The first kappa shape index (κ1) is 33.1. The number of aliphatic hydroxyl groups excluding tert-OH is 1. The zero-order valence-electron chi connectivity index (χ0n) is 23.6. The first-order chi connectivity index (χ1) is 19.1. The fourth-order valence-electron chi connectivity index (χ4n) is 4.44. The fraction of sp³-hybridized carbons (Fsp3) is 0.533. The number of ether oxygens (including phenoxy) is 1. The molecule has 40 heavy (non-hydrogen) atoms. The standard InChI is InChI=1S/C30H42F3N3O4/c1-4-15-36(16-5-2)29(39)14-8-13-28(38)35-26(19-22-9-6-11-24(17-22)30(31,32)33)27(37)21-34-20-23-10-7-12-25(18-23)40-3/h6-7,9-12,17-18,26-27,34,37H,4-5,8,13-16,19-21H2,1-3H3,(H,35,38)/t26-,27+/m0/s1. The third kappa shape index (κ3) is 11.6. The van der Waals surface area contributed by atoms with E-state index in [2.05, 4.69) is 10.6 Å². The Bertz CT molecular complexity index is 1060. The number of halogens is 3. The van der Waals surface area contributed by atoms with Crippen LogP contribution < -0.4 is 15.4 Å². The molecular weight excluding hydrogens is 523 g/mol. The summed E-state index contributed by atoms with van der Waals surface area (Å²) >= 11 is 0. The van der Waals surface area contributed by atoms with Crippen molar-refractivity contribution in [2.45, 2.75) is 77.2 Å². The quantitative estimate of drug-likeness (QED) is 0.259. The lowest BCUT2D eigenvalue weighted by atomic mass is 9.98. The Morgan fingerprint density at radius 2 is 1.68 bits per heavy atom. The van der Waals surface area contributed by atoms with Gasteiger partial charge in [-0.15, -0.1) is 0 Å². The van der Waals surface area contributed by atoms with Gasteiger partial charge in [-0.3, -0.25) is 9.59 Å². The monoisotopic (exact) mass is 565 g/mol. The van der Waals surface area contributed by atoms with E-state index in [0.29, 0.717) is 37.4 Å². The van der Waals surface area contributed by atoms with E-state index in [1.807, 2.05) is 38.1 Å². The minimum atomic E-state index is -4.50. The van der Waals surface area contributed by atoms with Gasteiger partial charge in [0.25, 0.3) is 0 Å². The number of rotatable bonds is 17. The lowest BCUT2D eigenvalue weighted by Gasteiger charge is -2.25. The molecule has 0 aliphatic carbocycles. The predicted molar refractivity (Wildman–Crippen MR) is 149 cm³/mol. The molecule has 2 aromatic rings. The number of aliphatic hydroxyl groups is 1. The number of carbonyl (C=O) groups excluding carboxylic acids is 2. The van der Waals surface area contributed by atoms with Crippen LogP contribution in [-0.4, -0.2) is 60.7 Å². The van der Waals surface area contributed by atoms with Crippen LogP contribution in [0.25, 0.3) is 0 Å². The van der Waals surface area contributed by atoms with Crippen LogP contribution in [0.4, 0.5) is 13.2 Å². The second kappa shape index (κ2) is 16.9. The van der Waals surface area contributed by atoms with Crippen LogP contribution in [-0.2, 0) is 28.7 Å². The smallest absolute Gasteiger partial charge is 0.416 e. The maximum absolute atomic E-state index is 13.2. The molecule has 2 atom stereocenters. The molecule has 0 aromatic heterocycles. The van der Waals surface area contributed by atoms with E-state index in [1.54, 1.807) is 18.1 Å². The number of carbonyl (C=O) groups is 2. The molecule has 0 heterocycles. The minimum Gasteiger partial charge on any atom is -0.497 e.